The van der Waals surface area contributed by atoms with E-state index in [1.54, 1.807) is 32.2 Å². The lowest BCUT2D eigenvalue weighted by atomic mass is 10.1. The molecule has 0 heterocycles. The van der Waals surface area contributed by atoms with Gasteiger partial charge < -0.3 is 19.3 Å². The first-order chi connectivity index (χ1) is 8.58. The summed E-state index contributed by atoms with van der Waals surface area (Å²) in [6, 6.07) is 5.16. The molecule has 0 unspecified atom stereocenters. The lowest BCUT2D eigenvalue weighted by Gasteiger charge is -2.14. The van der Waals surface area contributed by atoms with Gasteiger partial charge in [-0.15, -0.1) is 0 Å². The standard InChI is InChI=1S/C13H18O5/c1-9(14)11-5-4-10(16-2)8-12(11)18-7-6-13(15)17-3/h4-5,8-9,14H,6-7H2,1-3H3/t9-/m0/s1. The Morgan fingerprint density at radius 2 is 2.11 bits per heavy atom. The second-order valence-electron chi connectivity index (χ2n) is 3.75. The highest BCUT2D eigenvalue weighted by atomic mass is 16.5. The van der Waals surface area contributed by atoms with Crippen molar-refractivity contribution in [2.45, 2.75) is 19.4 Å². The number of benzene rings is 1. The molecule has 0 aliphatic carbocycles. The van der Waals surface area contributed by atoms with Crippen molar-refractivity contribution < 1.29 is 24.1 Å². The van der Waals surface area contributed by atoms with E-state index >= 15 is 0 Å². The van der Waals surface area contributed by atoms with Gasteiger partial charge in [-0.1, -0.05) is 0 Å². The molecule has 1 atom stereocenters. The fraction of sp³-hybridized carbons (Fsp3) is 0.462. The molecule has 1 aromatic carbocycles. The summed E-state index contributed by atoms with van der Waals surface area (Å²) in [7, 11) is 2.88. The van der Waals surface area contributed by atoms with E-state index in [0.717, 1.165) is 0 Å². The zero-order valence-corrected chi connectivity index (χ0v) is 10.8. The fourth-order valence-electron chi connectivity index (χ4n) is 1.46. The topological polar surface area (TPSA) is 65.0 Å². The molecule has 0 aliphatic heterocycles. The van der Waals surface area contributed by atoms with Gasteiger partial charge in [0.05, 0.1) is 33.4 Å². The molecule has 0 aliphatic rings. The highest BCUT2D eigenvalue weighted by Crippen LogP contribution is 2.29. The number of carbonyl (C=O) groups is 1. The van der Waals surface area contributed by atoms with E-state index in [4.69, 9.17) is 9.47 Å². The van der Waals surface area contributed by atoms with Gasteiger partial charge in [-0.25, -0.2) is 0 Å². The summed E-state index contributed by atoms with van der Waals surface area (Å²) in [6.07, 6.45) is -0.489. The Balaban J connectivity index is 2.74. The van der Waals surface area contributed by atoms with Crippen molar-refractivity contribution in [2.24, 2.45) is 0 Å². The Morgan fingerprint density at radius 3 is 2.67 bits per heavy atom. The van der Waals surface area contributed by atoms with Crippen molar-refractivity contribution in [3.8, 4) is 11.5 Å². The van der Waals surface area contributed by atoms with E-state index < -0.39 is 6.10 Å². The second kappa shape index (κ2) is 6.86. The molecular formula is C13H18O5. The third-order valence-corrected chi connectivity index (χ3v) is 2.46. The minimum atomic E-state index is -0.649. The summed E-state index contributed by atoms with van der Waals surface area (Å²) >= 11 is 0. The SMILES string of the molecule is COC(=O)CCOc1cc(OC)ccc1[C@H](C)O. The molecule has 0 saturated carbocycles. The highest BCUT2D eigenvalue weighted by Gasteiger charge is 2.11. The number of aliphatic hydroxyl groups excluding tert-OH is 1. The maximum Gasteiger partial charge on any atom is 0.308 e. The molecule has 0 radical (unpaired) electrons. The molecule has 0 amide bonds. The molecule has 5 heteroatoms. The van der Waals surface area contributed by atoms with Gasteiger partial charge in [-0.05, 0) is 19.1 Å². The van der Waals surface area contributed by atoms with Gasteiger partial charge in [0.2, 0.25) is 0 Å². The van der Waals surface area contributed by atoms with E-state index in [1.807, 2.05) is 0 Å². The van der Waals surface area contributed by atoms with E-state index in [-0.39, 0.29) is 19.0 Å². The van der Waals surface area contributed by atoms with Gasteiger partial charge >= 0.3 is 5.97 Å². The van der Waals surface area contributed by atoms with Gasteiger partial charge in [-0.2, -0.15) is 0 Å². The molecular weight excluding hydrogens is 236 g/mol. The molecule has 1 N–H and O–H groups in total. The Bertz CT molecular complexity index is 400. The van der Waals surface area contributed by atoms with Crippen LogP contribution in [0.5, 0.6) is 11.5 Å². The van der Waals surface area contributed by atoms with Crippen LogP contribution in [0.3, 0.4) is 0 Å². The minimum absolute atomic E-state index is 0.160. The third kappa shape index (κ3) is 3.92. The molecule has 1 aromatic rings. The number of methoxy groups -OCH3 is 2. The molecule has 0 bridgehead atoms. The Labute approximate surface area is 106 Å². The Morgan fingerprint density at radius 1 is 1.39 bits per heavy atom. The van der Waals surface area contributed by atoms with Crippen molar-refractivity contribution in [2.75, 3.05) is 20.8 Å². The first-order valence-corrected chi connectivity index (χ1v) is 5.64. The lowest BCUT2D eigenvalue weighted by Crippen LogP contribution is -2.09. The lowest BCUT2D eigenvalue weighted by molar-refractivity contribution is -0.141. The van der Waals surface area contributed by atoms with Crippen molar-refractivity contribution in [1.29, 1.82) is 0 Å². The number of ether oxygens (including phenoxy) is 3. The van der Waals surface area contributed by atoms with Gasteiger partial charge in [0, 0.05) is 11.6 Å². The van der Waals surface area contributed by atoms with E-state index in [9.17, 15) is 9.90 Å². The quantitative estimate of drug-likeness (QED) is 0.782. The number of carbonyl (C=O) groups excluding carboxylic acids is 1. The van der Waals surface area contributed by atoms with Crippen LogP contribution in [-0.4, -0.2) is 31.9 Å². The maximum absolute atomic E-state index is 11.0. The number of hydrogen-bond donors (Lipinski definition) is 1. The number of aliphatic hydroxyl groups is 1. The zero-order valence-electron chi connectivity index (χ0n) is 10.8. The van der Waals surface area contributed by atoms with Gasteiger partial charge in [-0.3, -0.25) is 4.79 Å². The van der Waals surface area contributed by atoms with Crippen LogP contribution in [-0.2, 0) is 9.53 Å². The number of rotatable bonds is 6. The molecule has 1 rings (SSSR count). The first kappa shape index (κ1) is 14.3. The molecule has 5 nitrogen and oxygen atoms in total. The van der Waals surface area contributed by atoms with Crippen LogP contribution in [0, 0.1) is 0 Å². The number of hydrogen-bond acceptors (Lipinski definition) is 5. The molecule has 0 aromatic heterocycles. The van der Waals surface area contributed by atoms with Crippen molar-refractivity contribution in [1.82, 2.24) is 0 Å². The summed E-state index contributed by atoms with van der Waals surface area (Å²) in [5, 5.41) is 9.61. The maximum atomic E-state index is 11.0. The van der Waals surface area contributed by atoms with Gasteiger partial charge in [0.25, 0.3) is 0 Å². The van der Waals surface area contributed by atoms with Crippen LogP contribution < -0.4 is 9.47 Å². The predicted molar refractivity (Wildman–Crippen MR) is 65.8 cm³/mol. The monoisotopic (exact) mass is 254 g/mol. The van der Waals surface area contributed by atoms with Crippen LogP contribution in [0.1, 0.15) is 25.0 Å². The zero-order chi connectivity index (χ0) is 13.5. The van der Waals surface area contributed by atoms with Crippen LogP contribution in [0.2, 0.25) is 0 Å². The summed E-state index contributed by atoms with van der Waals surface area (Å²) in [4.78, 5) is 11.0. The molecule has 0 saturated heterocycles. The molecule has 100 valence electrons. The van der Waals surface area contributed by atoms with Crippen LogP contribution in [0.15, 0.2) is 18.2 Å². The van der Waals surface area contributed by atoms with Gasteiger partial charge in [0.15, 0.2) is 0 Å². The average Bonchev–Trinajstić information content (AvgIpc) is 2.37. The van der Waals surface area contributed by atoms with Crippen LogP contribution >= 0.6 is 0 Å². The van der Waals surface area contributed by atoms with E-state index in [1.165, 1.54) is 7.11 Å². The largest absolute Gasteiger partial charge is 0.497 e. The van der Waals surface area contributed by atoms with Crippen molar-refractivity contribution >= 4 is 5.97 Å². The minimum Gasteiger partial charge on any atom is -0.497 e. The Kier molecular flexibility index (Phi) is 5.45. The first-order valence-electron chi connectivity index (χ1n) is 5.64. The summed E-state index contributed by atoms with van der Waals surface area (Å²) < 4.78 is 15.1. The Hall–Kier alpha value is -1.75. The predicted octanol–water partition coefficient (Wildman–Crippen LogP) is 1.69. The van der Waals surface area contributed by atoms with E-state index in [2.05, 4.69) is 4.74 Å². The average molecular weight is 254 g/mol. The second-order valence-corrected chi connectivity index (χ2v) is 3.75. The normalized spacial score (nSPS) is 11.8. The fourth-order valence-corrected chi connectivity index (χ4v) is 1.46. The number of esters is 1. The molecule has 0 fully saturated rings. The molecule has 0 spiro atoms. The highest BCUT2D eigenvalue weighted by molar-refractivity contribution is 5.69. The third-order valence-electron chi connectivity index (χ3n) is 2.46. The van der Waals surface area contributed by atoms with Crippen LogP contribution in [0.25, 0.3) is 0 Å². The summed E-state index contributed by atoms with van der Waals surface area (Å²) in [5.74, 6) is 0.803. The van der Waals surface area contributed by atoms with Crippen molar-refractivity contribution in [3.63, 3.8) is 0 Å². The van der Waals surface area contributed by atoms with Gasteiger partial charge in [0.1, 0.15) is 11.5 Å². The molecule has 18 heavy (non-hydrogen) atoms. The van der Waals surface area contributed by atoms with Crippen LogP contribution in [0.4, 0.5) is 0 Å². The van der Waals surface area contributed by atoms with Crippen molar-refractivity contribution in [3.05, 3.63) is 23.8 Å². The summed E-state index contributed by atoms with van der Waals surface area (Å²) in [5.41, 5.74) is 0.653. The van der Waals surface area contributed by atoms with E-state index in [0.29, 0.717) is 17.1 Å². The summed E-state index contributed by atoms with van der Waals surface area (Å²) in [6.45, 7) is 1.84. The smallest absolute Gasteiger partial charge is 0.308 e.